The topological polar surface area (TPSA) is 93.4 Å². The summed E-state index contributed by atoms with van der Waals surface area (Å²) in [7, 11) is 0. The van der Waals surface area contributed by atoms with Gasteiger partial charge >= 0.3 is 0 Å². The molecule has 8 nitrogen and oxygen atoms in total. The van der Waals surface area contributed by atoms with Crippen molar-refractivity contribution in [2.75, 3.05) is 11.1 Å². The van der Waals surface area contributed by atoms with Crippen molar-refractivity contribution in [2.45, 2.75) is 55.8 Å². The van der Waals surface area contributed by atoms with Crippen LogP contribution in [0, 0.1) is 0 Å². The maximum absolute atomic E-state index is 12.7. The zero-order valence-electron chi connectivity index (χ0n) is 17.7. The highest BCUT2D eigenvalue weighted by Crippen LogP contribution is 2.42. The Morgan fingerprint density at radius 2 is 1.94 bits per heavy atom. The van der Waals surface area contributed by atoms with Gasteiger partial charge in [-0.1, -0.05) is 42.8 Å². The average Bonchev–Trinajstić information content (AvgIpc) is 3.25. The lowest BCUT2D eigenvalue weighted by Gasteiger charge is -2.14. The number of nitrogens with zero attached hydrogens (tertiary/aromatic N) is 5. The zero-order chi connectivity index (χ0) is 21.5. The largest absolute Gasteiger partial charge is 0.360 e. The van der Waals surface area contributed by atoms with E-state index in [0.717, 1.165) is 58.9 Å². The second kappa shape index (κ2) is 8.12. The molecule has 0 bridgehead atoms. The number of carbonyl (C=O) groups is 1. The number of aromatic nitrogens is 6. The van der Waals surface area contributed by atoms with Gasteiger partial charge in [0.25, 0.3) is 0 Å². The van der Waals surface area contributed by atoms with E-state index in [-0.39, 0.29) is 11.7 Å². The van der Waals surface area contributed by atoms with E-state index >= 15 is 0 Å². The number of nitrogens with one attached hydrogen (secondary N) is 2. The summed E-state index contributed by atoms with van der Waals surface area (Å²) in [6.07, 6.45) is 10.7. The van der Waals surface area contributed by atoms with Gasteiger partial charge in [0, 0.05) is 34.8 Å². The molecule has 0 aliphatic heterocycles. The first kappa shape index (κ1) is 19.6. The Morgan fingerprint density at radius 3 is 2.78 bits per heavy atom. The number of hydrogen-bond acceptors (Lipinski definition) is 5. The first-order valence-corrected chi connectivity index (χ1v) is 12.2. The number of para-hydroxylation sites is 1. The predicted octanol–water partition coefficient (Wildman–Crippen LogP) is 4.80. The van der Waals surface area contributed by atoms with Crippen LogP contribution in [0.4, 0.5) is 5.82 Å². The smallest absolute Gasteiger partial charge is 0.235 e. The predicted molar refractivity (Wildman–Crippen MR) is 125 cm³/mol. The fraction of sp³-hybridized carbons (Fsp3) is 0.391. The van der Waals surface area contributed by atoms with Gasteiger partial charge in [0.2, 0.25) is 5.91 Å². The van der Waals surface area contributed by atoms with Crippen LogP contribution in [0.15, 0.2) is 47.9 Å². The van der Waals surface area contributed by atoms with Crippen molar-refractivity contribution >= 4 is 34.4 Å². The second-order valence-electron chi connectivity index (χ2n) is 8.59. The first-order valence-electron chi connectivity index (χ1n) is 11.3. The number of amides is 1. The molecule has 6 rings (SSSR count). The Bertz CT molecular complexity index is 1260. The standard InChI is InChI=1S/C23H25N7OS/c31-21(26-20-11-12-25-30(20)16-5-1-2-6-16)14-32-23-28-27-22(29(23)15-9-10-15)18-13-24-19-8-4-3-7-17(18)19/h3-4,7-8,11-13,15-16,24H,1-2,5-6,9-10,14H2,(H,26,31). The van der Waals surface area contributed by atoms with Crippen LogP contribution in [0.1, 0.15) is 50.6 Å². The SMILES string of the molecule is O=C(CSc1nnc(-c2c[nH]c3ccccc23)n1C1CC1)Nc1ccnn1C1CCCC1. The minimum Gasteiger partial charge on any atom is -0.360 e. The van der Waals surface area contributed by atoms with Crippen molar-refractivity contribution in [3.8, 4) is 11.4 Å². The van der Waals surface area contributed by atoms with Gasteiger partial charge in [0.05, 0.1) is 18.0 Å². The molecular formula is C23H25N7OS. The highest BCUT2D eigenvalue weighted by Gasteiger charge is 2.31. The van der Waals surface area contributed by atoms with Crippen molar-refractivity contribution in [2.24, 2.45) is 0 Å². The van der Waals surface area contributed by atoms with Crippen molar-refractivity contribution < 1.29 is 4.79 Å². The molecule has 2 fully saturated rings. The van der Waals surface area contributed by atoms with Crippen LogP contribution < -0.4 is 5.32 Å². The molecule has 2 aliphatic carbocycles. The lowest BCUT2D eigenvalue weighted by molar-refractivity contribution is -0.113. The minimum atomic E-state index is -0.0475. The summed E-state index contributed by atoms with van der Waals surface area (Å²) in [5.74, 6) is 1.89. The molecule has 4 aromatic rings. The zero-order valence-corrected chi connectivity index (χ0v) is 18.5. The van der Waals surface area contributed by atoms with E-state index in [0.29, 0.717) is 12.1 Å². The van der Waals surface area contributed by atoms with Crippen LogP contribution in [0.3, 0.4) is 0 Å². The van der Waals surface area contributed by atoms with Crippen LogP contribution >= 0.6 is 11.8 Å². The van der Waals surface area contributed by atoms with E-state index in [4.69, 9.17) is 0 Å². The van der Waals surface area contributed by atoms with Crippen LogP contribution in [-0.4, -0.2) is 41.2 Å². The summed E-state index contributed by atoms with van der Waals surface area (Å²) in [5.41, 5.74) is 2.14. The van der Waals surface area contributed by atoms with E-state index in [1.165, 1.54) is 24.6 Å². The molecule has 0 spiro atoms. The quantitative estimate of drug-likeness (QED) is 0.397. The molecule has 32 heavy (non-hydrogen) atoms. The third kappa shape index (κ3) is 3.60. The van der Waals surface area contributed by atoms with Crippen LogP contribution in [0.5, 0.6) is 0 Å². The molecule has 2 aliphatic rings. The van der Waals surface area contributed by atoms with Gasteiger partial charge < -0.3 is 10.3 Å². The number of aromatic amines is 1. The molecular weight excluding hydrogens is 422 g/mol. The fourth-order valence-corrected chi connectivity index (χ4v) is 5.45. The van der Waals surface area contributed by atoms with Crippen molar-refractivity contribution in [3.05, 3.63) is 42.7 Å². The molecule has 9 heteroatoms. The summed E-state index contributed by atoms with van der Waals surface area (Å²) in [5, 5.41) is 18.4. The summed E-state index contributed by atoms with van der Waals surface area (Å²) < 4.78 is 4.17. The normalized spacial score (nSPS) is 16.8. The third-order valence-corrected chi connectivity index (χ3v) is 7.29. The molecule has 3 aromatic heterocycles. The van der Waals surface area contributed by atoms with Gasteiger partial charge in [-0.25, -0.2) is 4.68 Å². The van der Waals surface area contributed by atoms with Gasteiger partial charge in [-0.05, 0) is 31.7 Å². The van der Waals surface area contributed by atoms with E-state index in [2.05, 4.69) is 42.3 Å². The maximum Gasteiger partial charge on any atom is 0.235 e. The highest BCUT2D eigenvalue weighted by molar-refractivity contribution is 7.99. The van der Waals surface area contributed by atoms with Crippen LogP contribution in [0.25, 0.3) is 22.3 Å². The van der Waals surface area contributed by atoms with E-state index in [1.54, 1.807) is 6.20 Å². The number of fused-ring (bicyclic) bond motifs is 1. The minimum absolute atomic E-state index is 0.0475. The number of anilines is 1. The summed E-state index contributed by atoms with van der Waals surface area (Å²) >= 11 is 1.44. The summed E-state index contributed by atoms with van der Waals surface area (Å²) in [6, 6.07) is 10.9. The molecule has 2 saturated carbocycles. The van der Waals surface area contributed by atoms with Gasteiger partial charge in [-0.2, -0.15) is 5.10 Å². The molecule has 0 unspecified atom stereocenters. The lowest BCUT2D eigenvalue weighted by Crippen LogP contribution is -2.19. The molecule has 1 aromatic carbocycles. The molecule has 164 valence electrons. The van der Waals surface area contributed by atoms with Crippen molar-refractivity contribution in [1.82, 2.24) is 29.5 Å². The fourth-order valence-electron chi connectivity index (χ4n) is 4.64. The van der Waals surface area contributed by atoms with Crippen molar-refractivity contribution in [1.29, 1.82) is 0 Å². The Hall–Kier alpha value is -3.07. The Labute approximate surface area is 189 Å². The van der Waals surface area contributed by atoms with Gasteiger partial charge in [-0.15, -0.1) is 10.2 Å². The van der Waals surface area contributed by atoms with E-state index < -0.39 is 0 Å². The number of H-pyrrole nitrogens is 1. The van der Waals surface area contributed by atoms with E-state index in [1.807, 2.05) is 29.1 Å². The molecule has 1 amide bonds. The number of hydrogen-bond donors (Lipinski definition) is 2. The Morgan fingerprint density at radius 1 is 1.09 bits per heavy atom. The molecule has 3 heterocycles. The van der Waals surface area contributed by atoms with Crippen LogP contribution in [-0.2, 0) is 4.79 Å². The molecule has 0 radical (unpaired) electrons. The number of carbonyl (C=O) groups excluding carboxylic acids is 1. The number of benzene rings is 1. The monoisotopic (exact) mass is 447 g/mol. The van der Waals surface area contributed by atoms with Gasteiger partial charge in [0.15, 0.2) is 11.0 Å². The first-order chi connectivity index (χ1) is 15.8. The maximum atomic E-state index is 12.7. The van der Waals surface area contributed by atoms with E-state index in [9.17, 15) is 4.79 Å². The Balaban J connectivity index is 1.19. The molecule has 0 atom stereocenters. The summed E-state index contributed by atoms with van der Waals surface area (Å²) in [4.78, 5) is 16.0. The molecule has 0 saturated heterocycles. The van der Waals surface area contributed by atoms with Gasteiger partial charge in [0.1, 0.15) is 5.82 Å². The summed E-state index contributed by atoms with van der Waals surface area (Å²) in [6.45, 7) is 0. The lowest BCUT2D eigenvalue weighted by atomic mass is 10.1. The van der Waals surface area contributed by atoms with Crippen molar-refractivity contribution in [3.63, 3.8) is 0 Å². The van der Waals surface area contributed by atoms with Gasteiger partial charge in [-0.3, -0.25) is 9.36 Å². The second-order valence-corrected chi connectivity index (χ2v) is 9.53. The van der Waals surface area contributed by atoms with Crippen LogP contribution in [0.2, 0.25) is 0 Å². The average molecular weight is 448 g/mol. The number of thioether (sulfide) groups is 1. The number of rotatable bonds is 7. The Kier molecular flexibility index (Phi) is 4.98. The third-order valence-electron chi connectivity index (χ3n) is 6.35. The highest BCUT2D eigenvalue weighted by atomic mass is 32.2. The molecule has 2 N–H and O–H groups in total.